The van der Waals surface area contributed by atoms with Gasteiger partial charge in [0.25, 0.3) is 0 Å². The van der Waals surface area contributed by atoms with E-state index in [1.807, 2.05) is 11.9 Å². The molecule has 7 nitrogen and oxygen atoms in total. The second-order valence-corrected chi connectivity index (χ2v) is 7.00. The highest BCUT2D eigenvalue weighted by molar-refractivity contribution is 5.55. The molecule has 0 unspecified atom stereocenters. The molecule has 1 fully saturated rings. The van der Waals surface area contributed by atoms with Crippen LogP contribution in [0.2, 0.25) is 0 Å². The number of aliphatic hydroxyl groups is 1. The van der Waals surface area contributed by atoms with Gasteiger partial charge in [0.15, 0.2) is 5.82 Å². The van der Waals surface area contributed by atoms with Gasteiger partial charge in [-0.05, 0) is 31.7 Å². The molecule has 3 rings (SSSR count). The van der Waals surface area contributed by atoms with Crippen LogP contribution in [0.25, 0.3) is 0 Å². The SMILES string of the molecule is CN(c1nc(NCc2cnccc2C(F)(F)F)ncc1C#N)C1CCC(O)CC1. The topological polar surface area (TPSA) is 98.0 Å². The highest BCUT2D eigenvalue weighted by Crippen LogP contribution is 2.32. The summed E-state index contributed by atoms with van der Waals surface area (Å²) in [5.74, 6) is 0.535. The fourth-order valence-corrected chi connectivity index (χ4v) is 3.44. The van der Waals surface area contributed by atoms with Gasteiger partial charge >= 0.3 is 6.18 Å². The molecule has 10 heteroatoms. The molecule has 0 amide bonds. The smallest absolute Gasteiger partial charge is 0.393 e. The van der Waals surface area contributed by atoms with Gasteiger partial charge in [0.1, 0.15) is 11.6 Å². The lowest BCUT2D eigenvalue weighted by Gasteiger charge is -2.34. The molecule has 2 N–H and O–H groups in total. The summed E-state index contributed by atoms with van der Waals surface area (Å²) in [6.45, 7) is -0.159. The number of pyridine rings is 1. The van der Waals surface area contributed by atoms with Crippen molar-refractivity contribution in [3.8, 4) is 6.07 Å². The summed E-state index contributed by atoms with van der Waals surface area (Å²) in [6.07, 6.45) is 1.69. The molecule has 1 aliphatic carbocycles. The van der Waals surface area contributed by atoms with Crippen molar-refractivity contribution < 1.29 is 18.3 Å². The van der Waals surface area contributed by atoms with Crippen LogP contribution in [-0.4, -0.2) is 39.3 Å². The summed E-state index contributed by atoms with van der Waals surface area (Å²) in [5.41, 5.74) is -0.516. The molecule has 0 aromatic carbocycles. The van der Waals surface area contributed by atoms with Gasteiger partial charge in [0.05, 0.1) is 17.9 Å². The molecular formula is C19H21F3N6O. The van der Waals surface area contributed by atoms with E-state index in [1.54, 1.807) is 0 Å². The normalized spacial score (nSPS) is 19.4. The Balaban J connectivity index is 1.78. The summed E-state index contributed by atoms with van der Waals surface area (Å²) in [5, 5.41) is 21.9. The third-order valence-corrected chi connectivity index (χ3v) is 5.08. The lowest BCUT2D eigenvalue weighted by molar-refractivity contribution is -0.138. The van der Waals surface area contributed by atoms with Crippen LogP contribution in [0, 0.1) is 11.3 Å². The summed E-state index contributed by atoms with van der Waals surface area (Å²) < 4.78 is 39.4. The zero-order valence-corrected chi connectivity index (χ0v) is 15.8. The second kappa shape index (κ2) is 8.61. The Bertz CT molecular complexity index is 890. The Labute approximate surface area is 166 Å². The van der Waals surface area contributed by atoms with Crippen molar-refractivity contribution in [3.05, 3.63) is 41.3 Å². The Morgan fingerprint density at radius 1 is 1.28 bits per heavy atom. The quantitative estimate of drug-likeness (QED) is 0.787. The van der Waals surface area contributed by atoms with Crippen LogP contribution in [0.5, 0.6) is 0 Å². The van der Waals surface area contributed by atoms with Crippen molar-refractivity contribution >= 4 is 11.8 Å². The fraction of sp³-hybridized carbons (Fsp3) is 0.474. The van der Waals surface area contributed by atoms with Crippen LogP contribution in [0.4, 0.5) is 24.9 Å². The maximum atomic E-state index is 13.1. The number of anilines is 2. The molecular weight excluding hydrogens is 385 g/mol. The maximum Gasteiger partial charge on any atom is 0.416 e. The van der Waals surface area contributed by atoms with Crippen LogP contribution in [-0.2, 0) is 12.7 Å². The number of rotatable bonds is 5. The van der Waals surface area contributed by atoms with Crippen LogP contribution in [0.1, 0.15) is 42.4 Å². The van der Waals surface area contributed by atoms with E-state index in [2.05, 4.69) is 26.3 Å². The van der Waals surface area contributed by atoms with Gasteiger partial charge in [-0.15, -0.1) is 0 Å². The Morgan fingerprint density at radius 2 is 2.00 bits per heavy atom. The van der Waals surface area contributed by atoms with E-state index < -0.39 is 11.7 Å². The van der Waals surface area contributed by atoms with Gasteiger partial charge in [-0.1, -0.05) is 0 Å². The number of hydrogen-bond acceptors (Lipinski definition) is 7. The first-order chi connectivity index (χ1) is 13.8. The number of halogens is 3. The minimum atomic E-state index is -4.48. The van der Waals surface area contributed by atoms with Crippen molar-refractivity contribution in [2.75, 3.05) is 17.3 Å². The minimum Gasteiger partial charge on any atom is -0.393 e. The Morgan fingerprint density at radius 3 is 2.66 bits per heavy atom. The van der Waals surface area contributed by atoms with Gasteiger partial charge in [0, 0.05) is 37.6 Å². The average molecular weight is 406 g/mol. The largest absolute Gasteiger partial charge is 0.416 e. The molecule has 2 aromatic heterocycles. The predicted octanol–water partition coefficient (Wildman–Crippen LogP) is 3.11. The lowest BCUT2D eigenvalue weighted by Crippen LogP contribution is -2.37. The van der Waals surface area contributed by atoms with Gasteiger partial charge in [-0.3, -0.25) is 4.98 Å². The fourth-order valence-electron chi connectivity index (χ4n) is 3.44. The van der Waals surface area contributed by atoms with Gasteiger partial charge < -0.3 is 15.3 Å². The van der Waals surface area contributed by atoms with E-state index in [9.17, 15) is 23.5 Å². The zero-order valence-electron chi connectivity index (χ0n) is 15.8. The molecule has 0 spiro atoms. The molecule has 0 saturated heterocycles. The predicted molar refractivity (Wildman–Crippen MR) is 100.0 cm³/mol. The molecule has 0 radical (unpaired) electrons. The molecule has 1 aliphatic rings. The van der Waals surface area contributed by atoms with Crippen molar-refractivity contribution in [2.24, 2.45) is 0 Å². The van der Waals surface area contributed by atoms with Gasteiger partial charge in [-0.2, -0.15) is 23.4 Å². The summed E-state index contributed by atoms with van der Waals surface area (Å²) in [7, 11) is 1.82. The Hall–Kier alpha value is -2.93. The average Bonchev–Trinajstić information content (AvgIpc) is 2.71. The highest BCUT2D eigenvalue weighted by Gasteiger charge is 2.33. The van der Waals surface area contributed by atoms with Crippen molar-refractivity contribution in [2.45, 2.75) is 50.6 Å². The first kappa shape index (κ1) is 20.8. The third-order valence-electron chi connectivity index (χ3n) is 5.08. The van der Waals surface area contributed by atoms with Gasteiger partial charge in [-0.25, -0.2) is 4.98 Å². The molecule has 2 aromatic rings. The van der Waals surface area contributed by atoms with Gasteiger partial charge in [0.2, 0.25) is 5.95 Å². The number of nitrogens with one attached hydrogen (secondary N) is 1. The molecule has 0 aliphatic heterocycles. The van der Waals surface area contributed by atoms with Crippen LogP contribution in [0.15, 0.2) is 24.7 Å². The summed E-state index contributed by atoms with van der Waals surface area (Å²) in [4.78, 5) is 14.0. The van der Waals surface area contributed by atoms with E-state index in [0.29, 0.717) is 18.7 Å². The first-order valence-corrected chi connectivity index (χ1v) is 9.21. The van der Waals surface area contributed by atoms with Crippen LogP contribution < -0.4 is 10.2 Å². The van der Waals surface area contributed by atoms with E-state index in [4.69, 9.17) is 0 Å². The summed E-state index contributed by atoms with van der Waals surface area (Å²) in [6, 6.07) is 3.09. The second-order valence-electron chi connectivity index (χ2n) is 7.00. The standard InChI is InChI=1S/C19H21F3N6O/c1-28(14-2-4-15(29)5-3-14)17-12(8-23)10-25-18(27-17)26-11-13-9-24-7-6-16(13)19(20,21)22/h6-7,9-10,14-15,29H,2-5,11H2,1H3,(H,25,26,27). The number of nitrogens with zero attached hydrogens (tertiary/aromatic N) is 5. The van der Waals surface area contributed by atoms with E-state index in [1.165, 1.54) is 6.20 Å². The molecule has 29 heavy (non-hydrogen) atoms. The minimum absolute atomic E-state index is 0.0240. The Kier molecular flexibility index (Phi) is 6.17. The van der Waals surface area contributed by atoms with Crippen molar-refractivity contribution in [1.82, 2.24) is 15.0 Å². The van der Waals surface area contributed by atoms with E-state index >= 15 is 0 Å². The molecule has 0 bridgehead atoms. The summed E-state index contributed by atoms with van der Waals surface area (Å²) >= 11 is 0. The number of aromatic nitrogens is 3. The van der Waals surface area contributed by atoms with E-state index in [0.717, 1.165) is 31.3 Å². The first-order valence-electron chi connectivity index (χ1n) is 9.21. The lowest BCUT2D eigenvalue weighted by atomic mass is 9.92. The van der Waals surface area contributed by atoms with Crippen LogP contribution >= 0.6 is 0 Å². The molecule has 1 saturated carbocycles. The molecule has 0 atom stereocenters. The number of alkyl halides is 3. The molecule has 154 valence electrons. The number of hydrogen-bond donors (Lipinski definition) is 2. The van der Waals surface area contributed by atoms with Crippen molar-refractivity contribution in [1.29, 1.82) is 5.26 Å². The monoisotopic (exact) mass is 406 g/mol. The number of nitriles is 1. The highest BCUT2D eigenvalue weighted by atomic mass is 19.4. The molecule has 2 heterocycles. The zero-order chi connectivity index (χ0) is 21.0. The van der Waals surface area contributed by atoms with Crippen LogP contribution in [0.3, 0.4) is 0 Å². The van der Waals surface area contributed by atoms with Crippen molar-refractivity contribution in [3.63, 3.8) is 0 Å². The maximum absolute atomic E-state index is 13.1. The third kappa shape index (κ3) is 4.92. The number of aliphatic hydroxyl groups excluding tert-OH is 1. The van der Waals surface area contributed by atoms with E-state index in [-0.39, 0.29) is 35.8 Å².